The summed E-state index contributed by atoms with van der Waals surface area (Å²) in [6.45, 7) is 6.69. The van der Waals surface area contributed by atoms with E-state index in [1.807, 2.05) is 0 Å². The highest BCUT2D eigenvalue weighted by molar-refractivity contribution is 6.50. The van der Waals surface area contributed by atoms with Crippen LogP contribution in [-0.2, 0) is 0 Å². The Morgan fingerprint density at radius 1 is 1.00 bits per heavy atom. The van der Waals surface area contributed by atoms with Gasteiger partial charge in [0.2, 0.25) is 0 Å². The summed E-state index contributed by atoms with van der Waals surface area (Å²) in [5, 5.41) is 0. The molecule has 0 unspecified atom stereocenters. The first-order valence-electron chi connectivity index (χ1n) is 5.36. The van der Waals surface area contributed by atoms with E-state index in [9.17, 15) is 0 Å². The van der Waals surface area contributed by atoms with E-state index in [0.717, 1.165) is 11.4 Å². The van der Waals surface area contributed by atoms with Crippen LogP contribution >= 0.6 is 0 Å². The van der Waals surface area contributed by atoms with Gasteiger partial charge in [0.05, 0.1) is 11.4 Å². The predicted molar refractivity (Wildman–Crippen MR) is 67.9 cm³/mol. The molecule has 0 spiro atoms. The zero-order chi connectivity index (χ0) is 11.5. The van der Waals surface area contributed by atoms with Gasteiger partial charge in [0.1, 0.15) is 0 Å². The Hall–Kier alpha value is -1.18. The molecular formula is C13H20N2. The minimum absolute atomic E-state index is 0.0996. The van der Waals surface area contributed by atoms with E-state index in [4.69, 9.17) is 0 Å². The van der Waals surface area contributed by atoms with Crippen molar-refractivity contribution in [3.63, 3.8) is 0 Å². The van der Waals surface area contributed by atoms with E-state index >= 15 is 0 Å². The zero-order valence-electron chi connectivity index (χ0n) is 10.3. The van der Waals surface area contributed by atoms with E-state index in [2.05, 4.69) is 55.1 Å². The molecule has 0 heterocycles. The Bertz CT molecular complexity index is 316. The summed E-state index contributed by atoms with van der Waals surface area (Å²) in [6, 6.07) is 0. The summed E-state index contributed by atoms with van der Waals surface area (Å²) < 4.78 is 0. The first kappa shape index (κ1) is 11.9. The molecule has 0 amide bonds. The van der Waals surface area contributed by atoms with Gasteiger partial charge in [0, 0.05) is 19.5 Å². The third kappa shape index (κ3) is 2.44. The van der Waals surface area contributed by atoms with Gasteiger partial charge >= 0.3 is 0 Å². The molecule has 0 saturated heterocycles. The van der Waals surface area contributed by atoms with Crippen molar-refractivity contribution in [1.82, 2.24) is 0 Å². The van der Waals surface area contributed by atoms with Crippen LogP contribution in [-0.4, -0.2) is 25.5 Å². The molecule has 1 rings (SSSR count). The molecule has 1 aliphatic rings. The Kier molecular flexibility index (Phi) is 3.61. The van der Waals surface area contributed by atoms with Gasteiger partial charge < -0.3 is 0 Å². The highest BCUT2D eigenvalue weighted by Gasteiger charge is 2.24. The molecular weight excluding hydrogens is 184 g/mol. The summed E-state index contributed by atoms with van der Waals surface area (Å²) in [5.41, 5.74) is 2.01. The Labute approximate surface area is 92.5 Å². The van der Waals surface area contributed by atoms with Crippen molar-refractivity contribution in [3.8, 4) is 0 Å². The van der Waals surface area contributed by atoms with Crippen LogP contribution in [0.3, 0.4) is 0 Å². The molecule has 0 atom stereocenters. The fourth-order valence-corrected chi connectivity index (χ4v) is 1.51. The summed E-state index contributed by atoms with van der Waals surface area (Å²) in [6.07, 6.45) is 8.58. The van der Waals surface area contributed by atoms with Gasteiger partial charge in [-0.1, -0.05) is 32.9 Å². The molecule has 0 bridgehead atoms. The van der Waals surface area contributed by atoms with E-state index in [1.54, 1.807) is 14.1 Å². The molecule has 0 saturated carbocycles. The number of hydrogen-bond donors (Lipinski definition) is 0. The monoisotopic (exact) mass is 204 g/mol. The van der Waals surface area contributed by atoms with Gasteiger partial charge in [0.25, 0.3) is 0 Å². The van der Waals surface area contributed by atoms with E-state index in [-0.39, 0.29) is 5.41 Å². The molecule has 0 aromatic carbocycles. The van der Waals surface area contributed by atoms with Gasteiger partial charge in [-0.15, -0.1) is 0 Å². The standard InChI is InChI=1S/C13H20N2/c1-10(2)13(3)8-6-11(14-4)12(15-5)7-9-13/h6-10H,1-5H3. The maximum atomic E-state index is 4.23. The smallest absolute Gasteiger partial charge is 0.0819 e. The molecule has 0 fully saturated rings. The van der Waals surface area contributed by atoms with Crippen LogP contribution < -0.4 is 0 Å². The first-order valence-corrected chi connectivity index (χ1v) is 5.36. The van der Waals surface area contributed by atoms with Gasteiger partial charge in [-0.2, -0.15) is 0 Å². The number of hydrogen-bond acceptors (Lipinski definition) is 2. The van der Waals surface area contributed by atoms with Crippen molar-refractivity contribution in [2.24, 2.45) is 21.3 Å². The van der Waals surface area contributed by atoms with Gasteiger partial charge in [0.15, 0.2) is 0 Å². The fraction of sp³-hybridized carbons (Fsp3) is 0.538. The molecule has 15 heavy (non-hydrogen) atoms. The van der Waals surface area contributed by atoms with Gasteiger partial charge in [-0.3, -0.25) is 9.98 Å². The van der Waals surface area contributed by atoms with Crippen molar-refractivity contribution in [2.45, 2.75) is 20.8 Å². The highest BCUT2D eigenvalue weighted by atomic mass is 14.8. The van der Waals surface area contributed by atoms with Crippen molar-refractivity contribution in [3.05, 3.63) is 24.3 Å². The molecule has 82 valence electrons. The second-order valence-electron chi connectivity index (χ2n) is 4.41. The van der Waals surface area contributed by atoms with Crippen LogP contribution in [0.4, 0.5) is 0 Å². The Morgan fingerprint density at radius 2 is 1.40 bits per heavy atom. The van der Waals surface area contributed by atoms with Crippen molar-refractivity contribution in [1.29, 1.82) is 0 Å². The number of nitrogens with zero attached hydrogens (tertiary/aromatic N) is 2. The van der Waals surface area contributed by atoms with E-state index in [1.165, 1.54) is 0 Å². The number of rotatable bonds is 1. The minimum atomic E-state index is 0.0996. The van der Waals surface area contributed by atoms with E-state index in [0.29, 0.717) is 5.92 Å². The Balaban J connectivity index is 3.17. The third-order valence-electron chi connectivity index (χ3n) is 3.19. The van der Waals surface area contributed by atoms with Crippen molar-refractivity contribution in [2.75, 3.05) is 14.1 Å². The lowest BCUT2D eigenvalue weighted by molar-refractivity contribution is 0.384. The highest BCUT2D eigenvalue weighted by Crippen LogP contribution is 2.31. The largest absolute Gasteiger partial charge is 0.286 e. The number of allylic oxidation sites excluding steroid dienone is 4. The molecule has 0 aromatic heterocycles. The second kappa shape index (κ2) is 4.56. The fourth-order valence-electron chi connectivity index (χ4n) is 1.51. The number of aliphatic imine (C=N–C) groups is 2. The molecule has 0 N–H and O–H groups in total. The summed E-state index contributed by atoms with van der Waals surface area (Å²) >= 11 is 0. The van der Waals surface area contributed by atoms with E-state index < -0.39 is 0 Å². The maximum absolute atomic E-state index is 4.23. The lowest BCUT2D eigenvalue weighted by Crippen LogP contribution is -2.17. The van der Waals surface area contributed by atoms with Crippen LogP contribution in [0.25, 0.3) is 0 Å². The average molecular weight is 204 g/mol. The van der Waals surface area contributed by atoms with Crippen LogP contribution in [0.2, 0.25) is 0 Å². The van der Waals surface area contributed by atoms with Gasteiger partial charge in [-0.25, -0.2) is 0 Å². The predicted octanol–water partition coefficient (Wildman–Crippen LogP) is 2.92. The molecule has 1 aliphatic carbocycles. The lowest BCUT2D eigenvalue weighted by Gasteiger charge is -2.25. The summed E-state index contributed by atoms with van der Waals surface area (Å²) in [4.78, 5) is 8.46. The second-order valence-corrected chi connectivity index (χ2v) is 4.41. The molecule has 2 heteroatoms. The van der Waals surface area contributed by atoms with Gasteiger partial charge in [-0.05, 0) is 18.1 Å². The topological polar surface area (TPSA) is 24.7 Å². The van der Waals surface area contributed by atoms with Crippen LogP contribution in [0.15, 0.2) is 34.3 Å². The minimum Gasteiger partial charge on any atom is -0.286 e. The molecule has 0 aromatic rings. The lowest BCUT2D eigenvalue weighted by atomic mass is 9.79. The van der Waals surface area contributed by atoms with Crippen LogP contribution in [0.5, 0.6) is 0 Å². The maximum Gasteiger partial charge on any atom is 0.0819 e. The SMILES string of the molecule is CN=C1C=CC(C)(C(C)C)C=CC1=NC. The normalized spacial score (nSPS) is 31.6. The molecule has 0 aliphatic heterocycles. The average Bonchev–Trinajstić information content (AvgIpc) is 2.38. The summed E-state index contributed by atoms with van der Waals surface area (Å²) in [7, 11) is 3.60. The van der Waals surface area contributed by atoms with Crippen LogP contribution in [0, 0.1) is 11.3 Å². The Morgan fingerprint density at radius 3 is 1.67 bits per heavy atom. The quantitative estimate of drug-likeness (QED) is 0.627. The third-order valence-corrected chi connectivity index (χ3v) is 3.19. The summed E-state index contributed by atoms with van der Waals surface area (Å²) in [5.74, 6) is 0.569. The van der Waals surface area contributed by atoms with Crippen LogP contribution in [0.1, 0.15) is 20.8 Å². The van der Waals surface area contributed by atoms with Crippen molar-refractivity contribution >= 4 is 11.4 Å². The van der Waals surface area contributed by atoms with Crippen molar-refractivity contribution < 1.29 is 0 Å². The zero-order valence-corrected chi connectivity index (χ0v) is 10.3. The molecule has 0 radical (unpaired) electrons. The molecule has 2 nitrogen and oxygen atoms in total. The first-order chi connectivity index (χ1) is 7.03.